The number of nitrogens with one attached hydrogen (secondary N) is 4. The number of aliphatic hydroxyl groups excluding tert-OH is 2. The lowest BCUT2D eigenvalue weighted by Crippen LogP contribution is -2.54. The van der Waals surface area contributed by atoms with Gasteiger partial charge in [-0.2, -0.15) is 12.6 Å². The first-order valence-corrected chi connectivity index (χ1v) is 30.3. The van der Waals surface area contributed by atoms with Gasteiger partial charge >= 0.3 is 18.3 Å². The fraction of sp³-hybridized carbons (Fsp3) is 0.719. The highest BCUT2D eigenvalue weighted by atomic mass is 32.1. The summed E-state index contributed by atoms with van der Waals surface area (Å²) in [6.07, 6.45) is 9.56. The number of imide groups is 1. The molecule has 6 fully saturated rings. The number of carbonyl (C=O) groups is 9. The molecule has 6 N–H and O–H groups in total. The lowest BCUT2D eigenvalue weighted by atomic mass is 9.59. The van der Waals surface area contributed by atoms with Crippen molar-refractivity contribution >= 4 is 77.7 Å². The Morgan fingerprint density at radius 3 is 2.36 bits per heavy atom. The lowest BCUT2D eigenvalue weighted by molar-refractivity contribution is -0.208. The van der Waals surface area contributed by atoms with Gasteiger partial charge in [-0.05, 0) is 112 Å². The first-order valence-electron chi connectivity index (χ1n) is 29.8. The SMILES string of the molecule is CC1CCCC2C(OC(=O)N(CCOCCO)CCN(C)C(=O)OCC3CCC(NC(=O)CNC(=O)[C@@H](NC(=O)OCON4C(=O)CC(S)C4=O)C(C)C)CC3)CC3C(CCN3C(=O)c3cn4cc(NC(=O)C5CCC(O)CC5)ccc4n3)C12. The summed E-state index contributed by atoms with van der Waals surface area (Å²) in [4.78, 5) is 132. The van der Waals surface area contributed by atoms with E-state index in [1.165, 1.54) is 9.80 Å². The molecule has 26 nitrogen and oxygen atoms in total. The van der Waals surface area contributed by atoms with E-state index in [1.54, 1.807) is 49.8 Å². The molecular formula is C57H84N10O16S. The number of nitrogens with zero attached hydrogens (tertiary/aromatic N) is 6. The van der Waals surface area contributed by atoms with Gasteiger partial charge in [0.25, 0.3) is 17.7 Å². The number of alkyl carbamates (subject to hydrolysis) is 1. The number of carbonyl (C=O) groups excluding carboxylic acids is 9. The molecule has 0 spiro atoms. The standard InChI is InChI=1S/C57H84N10O16S/c1-33(2)50(62-55(76)81-32-82-67-48(71)27-45(84)54(67)75)52(73)58-28-47(70)59-37-12-8-35(9-13-37)31-80-56(77)63(4)20-21-64(22-24-79-25-23-68)57(78)83-44-26-43-40(49-34(3)6-5-7-41(44)49)18-19-66(43)53(74)42-30-65-29-38(14-17-46(65)61-42)60-51(72)36-10-15-39(69)16-11-36/h14,17,29-30,33-37,39-41,43-45,49-50,68-69,84H,5-13,15-16,18-28,31-32H2,1-4H3,(H,58,73)(H,59,70)(H,60,72)(H,62,76)/t34?,35?,36?,37?,39?,40?,41?,43?,44?,45?,49?,50-/m0/s1. The van der Waals surface area contributed by atoms with Gasteiger partial charge < -0.3 is 69.5 Å². The Kier molecular flexibility index (Phi) is 22.5. The van der Waals surface area contributed by atoms with Gasteiger partial charge in [-0.25, -0.2) is 24.2 Å². The summed E-state index contributed by atoms with van der Waals surface area (Å²) in [7, 11) is 1.59. The van der Waals surface area contributed by atoms with Gasteiger partial charge in [0.15, 0.2) is 0 Å². The van der Waals surface area contributed by atoms with Crippen molar-refractivity contribution in [2.75, 3.05) is 78.3 Å². The van der Waals surface area contributed by atoms with E-state index in [0.29, 0.717) is 86.6 Å². The van der Waals surface area contributed by atoms with Gasteiger partial charge in [0.05, 0.1) is 56.4 Å². The van der Waals surface area contributed by atoms with Gasteiger partial charge in [0, 0.05) is 70.0 Å². The Bertz CT molecular complexity index is 2660. The summed E-state index contributed by atoms with van der Waals surface area (Å²) in [6.45, 7) is 5.61. The van der Waals surface area contributed by atoms with E-state index in [9.17, 15) is 53.4 Å². The summed E-state index contributed by atoms with van der Waals surface area (Å²) in [5, 5.41) is 29.8. The fourth-order valence-corrected chi connectivity index (χ4v) is 13.3. The number of imidazole rings is 1. The minimum absolute atomic E-state index is 0.0363. The second-order valence-electron chi connectivity index (χ2n) is 23.7. The van der Waals surface area contributed by atoms with Crippen molar-refractivity contribution in [1.29, 1.82) is 0 Å². The largest absolute Gasteiger partial charge is 0.449 e. The van der Waals surface area contributed by atoms with Crippen LogP contribution in [0.25, 0.3) is 5.65 Å². The molecule has 0 aromatic carbocycles. The average Bonchev–Trinajstić information content (AvgIpc) is 1.76. The van der Waals surface area contributed by atoms with Gasteiger partial charge in [-0.1, -0.05) is 33.6 Å². The molecule has 8 rings (SSSR count). The smallest absolute Gasteiger partial charge is 0.410 e. The van der Waals surface area contributed by atoms with Gasteiger partial charge in [-0.3, -0.25) is 28.8 Å². The topological polar surface area (TPSA) is 319 Å². The maximum atomic E-state index is 14.5. The van der Waals surface area contributed by atoms with Crippen LogP contribution in [0, 0.1) is 41.4 Å². The molecule has 2 saturated heterocycles. The van der Waals surface area contributed by atoms with Crippen LogP contribution < -0.4 is 21.3 Å². The van der Waals surface area contributed by atoms with Crippen LogP contribution in [-0.4, -0.2) is 202 Å². The molecule has 9 amide bonds. The van der Waals surface area contributed by atoms with Crippen LogP contribution in [0.5, 0.6) is 0 Å². The molecule has 0 radical (unpaired) electrons. The van der Waals surface area contributed by atoms with E-state index < -0.39 is 72.0 Å². The van der Waals surface area contributed by atoms with Crippen molar-refractivity contribution in [1.82, 2.24) is 45.1 Å². The number of thiol groups is 1. The predicted octanol–water partition coefficient (Wildman–Crippen LogP) is 3.48. The molecule has 2 aliphatic heterocycles. The number of ether oxygens (including phenoxy) is 4. The highest BCUT2D eigenvalue weighted by molar-refractivity contribution is 7.81. The van der Waals surface area contributed by atoms with Crippen LogP contribution in [0.4, 0.5) is 20.1 Å². The number of pyridine rings is 1. The molecule has 8 atom stereocenters. The predicted molar refractivity (Wildman–Crippen MR) is 303 cm³/mol. The maximum Gasteiger partial charge on any atom is 0.410 e. The monoisotopic (exact) mass is 1200 g/mol. The van der Waals surface area contributed by atoms with Crippen LogP contribution in [0.15, 0.2) is 24.5 Å². The zero-order valence-electron chi connectivity index (χ0n) is 48.5. The number of amides is 9. The molecule has 4 heterocycles. The number of hydrogen-bond donors (Lipinski definition) is 7. The van der Waals surface area contributed by atoms with E-state index in [-0.39, 0.29) is 124 Å². The molecule has 84 heavy (non-hydrogen) atoms. The van der Waals surface area contributed by atoms with Crippen LogP contribution in [0.3, 0.4) is 0 Å². The third-order valence-electron chi connectivity index (χ3n) is 17.7. The number of hydroxylamine groups is 2. The van der Waals surface area contributed by atoms with Crippen LogP contribution >= 0.6 is 12.6 Å². The minimum atomic E-state index is -1.08. The minimum Gasteiger partial charge on any atom is -0.449 e. The molecule has 464 valence electrons. The first kappa shape index (κ1) is 63.7. The second-order valence-corrected chi connectivity index (χ2v) is 24.4. The van der Waals surface area contributed by atoms with Crippen LogP contribution in [-0.2, 0) is 47.8 Å². The molecule has 6 aliphatic rings. The molecular weight excluding hydrogens is 1110 g/mol. The molecule has 4 saturated carbocycles. The summed E-state index contributed by atoms with van der Waals surface area (Å²) in [5.41, 5.74) is 1.44. The van der Waals surface area contributed by atoms with Gasteiger partial charge in [0.2, 0.25) is 24.5 Å². The molecule has 2 aromatic heterocycles. The zero-order valence-corrected chi connectivity index (χ0v) is 49.4. The molecule has 4 aliphatic carbocycles. The van der Waals surface area contributed by atoms with E-state index in [2.05, 4.69) is 40.8 Å². The number of fused-ring (bicyclic) bond motifs is 4. The summed E-state index contributed by atoms with van der Waals surface area (Å²) in [5.74, 6) is -2.27. The first-order chi connectivity index (χ1) is 40.3. The summed E-state index contributed by atoms with van der Waals surface area (Å²) in [6, 6.07) is 2.11. The normalized spacial score (nSPS) is 27.1. The number of aromatic nitrogens is 2. The summed E-state index contributed by atoms with van der Waals surface area (Å²) < 4.78 is 24.5. The maximum absolute atomic E-state index is 14.5. The van der Waals surface area contributed by atoms with Gasteiger partial charge in [-0.15, -0.1) is 5.06 Å². The summed E-state index contributed by atoms with van der Waals surface area (Å²) >= 11 is 3.99. The highest BCUT2D eigenvalue weighted by Crippen LogP contribution is 2.52. The van der Waals surface area contributed by atoms with Crippen LogP contribution in [0.1, 0.15) is 121 Å². The van der Waals surface area contributed by atoms with Gasteiger partial charge in [0.1, 0.15) is 23.5 Å². The Morgan fingerprint density at radius 1 is 0.881 bits per heavy atom. The average molecular weight is 1200 g/mol. The molecule has 7 unspecified atom stereocenters. The fourth-order valence-electron chi connectivity index (χ4n) is 13.1. The molecule has 27 heteroatoms. The zero-order chi connectivity index (χ0) is 60.2. The highest BCUT2D eigenvalue weighted by Gasteiger charge is 2.54. The number of anilines is 1. The van der Waals surface area contributed by atoms with E-state index in [4.69, 9.17) is 28.8 Å². The Morgan fingerprint density at radius 2 is 1.64 bits per heavy atom. The van der Waals surface area contributed by atoms with Crippen molar-refractivity contribution in [2.24, 2.45) is 41.4 Å². The number of likely N-dealkylation sites (tertiary alicyclic amines) is 1. The Labute approximate surface area is 494 Å². The van der Waals surface area contributed by atoms with E-state index in [1.807, 2.05) is 4.90 Å². The Balaban J connectivity index is 0.780. The number of likely N-dealkylation sites (N-methyl/N-ethyl adjacent to an activating group) is 1. The van der Waals surface area contributed by atoms with Crippen molar-refractivity contribution in [2.45, 2.75) is 146 Å². The number of aliphatic hydroxyl groups is 2. The molecule has 0 bridgehead atoms. The quantitative estimate of drug-likeness (QED) is 0.0275. The van der Waals surface area contributed by atoms with E-state index in [0.717, 1.165) is 25.7 Å². The van der Waals surface area contributed by atoms with Crippen LogP contribution in [0.2, 0.25) is 0 Å². The Hall–Kier alpha value is -6.29. The van der Waals surface area contributed by atoms with Crippen molar-refractivity contribution in [3.8, 4) is 0 Å². The lowest BCUT2D eigenvalue weighted by Gasteiger charge is -2.50. The molecule has 2 aromatic rings. The number of hydrogen-bond acceptors (Lipinski definition) is 18. The number of rotatable bonds is 23. The third kappa shape index (κ3) is 16.4. The second kappa shape index (κ2) is 29.7. The van der Waals surface area contributed by atoms with E-state index >= 15 is 0 Å². The van der Waals surface area contributed by atoms with Crippen molar-refractivity contribution < 1.29 is 77.1 Å². The van der Waals surface area contributed by atoms with Crippen molar-refractivity contribution in [3.63, 3.8) is 0 Å². The third-order valence-corrected chi connectivity index (χ3v) is 18.1. The van der Waals surface area contributed by atoms with Crippen molar-refractivity contribution in [3.05, 3.63) is 30.2 Å².